The minimum absolute atomic E-state index is 0. The van der Waals surface area contributed by atoms with Gasteiger partial charge in [-0.15, -0.1) is 12.4 Å². The van der Waals surface area contributed by atoms with Gasteiger partial charge in [0.1, 0.15) is 5.69 Å². The van der Waals surface area contributed by atoms with Crippen LogP contribution in [0.25, 0.3) is 0 Å². The zero-order valence-electron chi connectivity index (χ0n) is 15.7. The van der Waals surface area contributed by atoms with Crippen LogP contribution in [0, 0.1) is 22.0 Å². The summed E-state index contributed by atoms with van der Waals surface area (Å²) in [6.45, 7) is 4.38. The van der Waals surface area contributed by atoms with Gasteiger partial charge in [-0.05, 0) is 56.2 Å². The first-order valence-electron chi connectivity index (χ1n) is 9.54. The molecular weight excluding hydrogens is 368 g/mol. The second-order valence-electron chi connectivity index (χ2n) is 7.64. The van der Waals surface area contributed by atoms with Crippen LogP contribution in [0.4, 0.5) is 11.4 Å². The Balaban J connectivity index is 0.00000261. The number of halogens is 1. The molecule has 7 nitrogen and oxygen atoms in total. The molecule has 8 heteroatoms. The van der Waals surface area contributed by atoms with Crippen molar-refractivity contribution in [3.05, 3.63) is 33.9 Å². The summed E-state index contributed by atoms with van der Waals surface area (Å²) >= 11 is 0. The smallest absolute Gasteiger partial charge is 0.293 e. The van der Waals surface area contributed by atoms with Gasteiger partial charge in [-0.25, -0.2) is 0 Å². The maximum absolute atomic E-state index is 12.6. The van der Waals surface area contributed by atoms with Crippen molar-refractivity contribution < 1.29 is 9.72 Å². The average molecular weight is 397 g/mol. The molecule has 0 spiro atoms. The molecule has 27 heavy (non-hydrogen) atoms. The highest BCUT2D eigenvalue weighted by Gasteiger charge is 2.29. The van der Waals surface area contributed by atoms with Crippen LogP contribution in [0.2, 0.25) is 0 Å². The number of amides is 1. The van der Waals surface area contributed by atoms with Crippen LogP contribution < -0.4 is 16.0 Å². The molecule has 2 fully saturated rings. The highest BCUT2D eigenvalue weighted by molar-refractivity contribution is 5.96. The van der Waals surface area contributed by atoms with Crippen molar-refractivity contribution in [2.24, 2.45) is 17.6 Å². The van der Waals surface area contributed by atoms with Crippen LogP contribution in [-0.2, 0) is 0 Å². The molecule has 2 aliphatic rings. The van der Waals surface area contributed by atoms with Crippen molar-refractivity contribution >= 4 is 29.7 Å². The molecule has 1 saturated carbocycles. The Morgan fingerprint density at radius 1 is 1.30 bits per heavy atom. The first-order valence-corrected chi connectivity index (χ1v) is 9.54. The van der Waals surface area contributed by atoms with E-state index in [1.165, 1.54) is 6.07 Å². The molecule has 2 unspecified atom stereocenters. The fourth-order valence-corrected chi connectivity index (χ4v) is 4.09. The first-order chi connectivity index (χ1) is 12.5. The molecule has 3 N–H and O–H groups in total. The third-order valence-electron chi connectivity index (χ3n) is 5.84. The van der Waals surface area contributed by atoms with E-state index < -0.39 is 0 Å². The van der Waals surface area contributed by atoms with E-state index in [4.69, 9.17) is 5.73 Å². The topological polar surface area (TPSA) is 102 Å². The molecule has 3 rings (SSSR count). The number of nitrogens with one attached hydrogen (secondary N) is 1. The molecule has 1 heterocycles. The van der Waals surface area contributed by atoms with E-state index in [-0.39, 0.29) is 35.0 Å². The lowest BCUT2D eigenvalue weighted by Crippen LogP contribution is -2.40. The molecule has 1 aliphatic heterocycles. The average Bonchev–Trinajstić information content (AvgIpc) is 3.09. The van der Waals surface area contributed by atoms with Crippen molar-refractivity contribution in [1.29, 1.82) is 0 Å². The molecule has 150 valence electrons. The fraction of sp³-hybridized carbons (Fsp3) is 0.632. The van der Waals surface area contributed by atoms with E-state index in [0.29, 0.717) is 29.6 Å². The summed E-state index contributed by atoms with van der Waals surface area (Å²) < 4.78 is 0. The lowest BCUT2D eigenvalue weighted by atomic mass is 9.98. The maximum Gasteiger partial charge on any atom is 0.293 e. The number of carbonyl (C=O) groups is 1. The summed E-state index contributed by atoms with van der Waals surface area (Å²) in [7, 11) is 0. The second-order valence-corrected chi connectivity index (χ2v) is 7.64. The minimum Gasteiger partial charge on any atom is -0.366 e. The van der Waals surface area contributed by atoms with Gasteiger partial charge in [0.15, 0.2) is 0 Å². The lowest BCUT2D eigenvalue weighted by Gasteiger charge is -2.31. The Morgan fingerprint density at radius 3 is 2.63 bits per heavy atom. The van der Waals surface area contributed by atoms with Gasteiger partial charge in [0.2, 0.25) is 0 Å². The van der Waals surface area contributed by atoms with Crippen molar-refractivity contribution in [3.8, 4) is 0 Å². The predicted molar refractivity (Wildman–Crippen MR) is 109 cm³/mol. The Morgan fingerprint density at radius 2 is 2.00 bits per heavy atom. The second kappa shape index (κ2) is 9.37. The van der Waals surface area contributed by atoms with Crippen LogP contribution in [0.1, 0.15) is 49.4 Å². The van der Waals surface area contributed by atoms with Crippen LogP contribution in [0.15, 0.2) is 18.2 Å². The molecule has 0 radical (unpaired) electrons. The number of rotatable bonds is 5. The van der Waals surface area contributed by atoms with E-state index >= 15 is 0 Å². The van der Waals surface area contributed by atoms with Gasteiger partial charge >= 0.3 is 0 Å². The van der Waals surface area contributed by atoms with Crippen molar-refractivity contribution in [2.45, 2.75) is 45.1 Å². The van der Waals surface area contributed by atoms with Gasteiger partial charge in [-0.2, -0.15) is 0 Å². The summed E-state index contributed by atoms with van der Waals surface area (Å²) in [5.74, 6) is 0.693. The van der Waals surface area contributed by atoms with E-state index in [9.17, 15) is 14.9 Å². The summed E-state index contributed by atoms with van der Waals surface area (Å²) in [4.78, 5) is 25.8. The zero-order valence-corrected chi connectivity index (χ0v) is 16.5. The highest BCUT2D eigenvalue weighted by Crippen LogP contribution is 2.32. The number of benzene rings is 1. The third kappa shape index (κ3) is 4.90. The number of carbonyl (C=O) groups excluding carboxylic acids is 1. The molecule has 0 bridgehead atoms. The van der Waals surface area contributed by atoms with Gasteiger partial charge in [-0.1, -0.05) is 13.3 Å². The number of nitro groups is 1. The highest BCUT2D eigenvalue weighted by atomic mass is 35.5. The summed E-state index contributed by atoms with van der Waals surface area (Å²) in [5.41, 5.74) is 6.73. The molecule has 1 saturated heterocycles. The Labute approximate surface area is 166 Å². The largest absolute Gasteiger partial charge is 0.366 e. The van der Waals surface area contributed by atoms with Gasteiger partial charge in [0.05, 0.1) is 4.92 Å². The number of nitro benzene ring substituents is 1. The number of piperidine rings is 1. The van der Waals surface area contributed by atoms with E-state index in [2.05, 4.69) is 17.1 Å². The van der Waals surface area contributed by atoms with Crippen LogP contribution >= 0.6 is 12.4 Å². The molecule has 1 aromatic rings. The van der Waals surface area contributed by atoms with Crippen LogP contribution in [-0.4, -0.2) is 36.5 Å². The van der Waals surface area contributed by atoms with Crippen molar-refractivity contribution in [2.75, 3.05) is 24.5 Å². The SMILES string of the molecule is CC1CCN(c2ccc(C(=O)NC3CCCC3CN)cc2[N+](=O)[O-])CC1.Cl. The number of nitrogens with zero attached hydrogens (tertiary/aromatic N) is 2. The minimum atomic E-state index is -0.387. The standard InChI is InChI=1S/C19H28N4O3.ClH/c1-13-7-9-22(10-8-13)17-6-5-14(11-18(17)23(25)26)19(24)21-16-4-2-3-15(16)12-20;/h5-6,11,13,15-16H,2-4,7-10,12,20H2,1H3,(H,21,24);1H. The maximum atomic E-state index is 12.6. The van der Waals surface area contributed by atoms with Crippen LogP contribution in [0.5, 0.6) is 0 Å². The van der Waals surface area contributed by atoms with Gasteiger partial charge in [-0.3, -0.25) is 14.9 Å². The number of anilines is 1. The third-order valence-corrected chi connectivity index (χ3v) is 5.84. The molecule has 2 atom stereocenters. The van der Waals surface area contributed by atoms with Gasteiger partial charge < -0.3 is 16.0 Å². The quantitative estimate of drug-likeness (QED) is 0.588. The number of hydrogen-bond donors (Lipinski definition) is 2. The van der Waals surface area contributed by atoms with Gasteiger partial charge in [0.25, 0.3) is 11.6 Å². The molecule has 1 aliphatic carbocycles. The Kier molecular flexibility index (Phi) is 7.44. The summed E-state index contributed by atoms with van der Waals surface area (Å²) in [6.07, 6.45) is 5.05. The fourth-order valence-electron chi connectivity index (χ4n) is 4.09. The normalized spacial score (nSPS) is 23.0. The number of nitrogens with two attached hydrogens (primary N) is 1. The molecule has 1 amide bonds. The summed E-state index contributed by atoms with van der Waals surface area (Å²) in [6, 6.07) is 4.89. The van der Waals surface area contributed by atoms with E-state index in [1.807, 2.05) is 0 Å². The lowest BCUT2D eigenvalue weighted by molar-refractivity contribution is -0.384. The van der Waals surface area contributed by atoms with Crippen molar-refractivity contribution in [3.63, 3.8) is 0 Å². The van der Waals surface area contributed by atoms with Crippen LogP contribution in [0.3, 0.4) is 0 Å². The Hall–Kier alpha value is -1.86. The molecular formula is C19H29ClN4O3. The van der Waals surface area contributed by atoms with Crippen molar-refractivity contribution in [1.82, 2.24) is 5.32 Å². The Bertz CT molecular complexity index is 677. The predicted octanol–water partition coefficient (Wildman–Crippen LogP) is 3.11. The van der Waals surface area contributed by atoms with E-state index in [0.717, 1.165) is 45.2 Å². The number of hydrogen-bond acceptors (Lipinski definition) is 5. The monoisotopic (exact) mass is 396 g/mol. The van der Waals surface area contributed by atoms with E-state index in [1.54, 1.807) is 12.1 Å². The molecule has 1 aromatic carbocycles. The zero-order chi connectivity index (χ0) is 18.7. The first kappa shape index (κ1) is 21.4. The van der Waals surface area contributed by atoms with Gasteiger partial charge in [0, 0.05) is 30.8 Å². The summed E-state index contributed by atoms with van der Waals surface area (Å²) in [5, 5.41) is 14.6. The molecule has 0 aromatic heterocycles.